The van der Waals surface area contributed by atoms with Crippen LogP contribution in [0.25, 0.3) is 0 Å². The van der Waals surface area contributed by atoms with Crippen LogP contribution >= 0.6 is 0 Å². The molecule has 0 saturated carbocycles. The van der Waals surface area contributed by atoms with Crippen molar-refractivity contribution in [3.8, 4) is 0 Å². The molecule has 19 heavy (non-hydrogen) atoms. The van der Waals surface area contributed by atoms with E-state index in [1.54, 1.807) is 0 Å². The number of aliphatic hydroxyl groups is 1. The zero-order valence-electron chi connectivity index (χ0n) is 10.3. The predicted molar refractivity (Wildman–Crippen MR) is 66.5 cm³/mol. The molecular formula is C10H18N2O6S. The van der Waals surface area contributed by atoms with Crippen LogP contribution in [0.3, 0.4) is 0 Å². The van der Waals surface area contributed by atoms with E-state index in [1.165, 1.54) is 0 Å². The minimum Gasteiger partial charge on any atom is -0.480 e. The summed E-state index contributed by atoms with van der Waals surface area (Å²) in [7, 11) is -3.00. The van der Waals surface area contributed by atoms with E-state index in [0.717, 1.165) is 0 Å². The number of hydrogen-bond donors (Lipinski definition) is 4. The Morgan fingerprint density at radius 2 is 1.84 bits per heavy atom. The average Bonchev–Trinajstić information content (AvgIpc) is 2.31. The molecule has 9 heteroatoms. The van der Waals surface area contributed by atoms with Gasteiger partial charge in [0.1, 0.15) is 15.9 Å². The number of carboxylic acids is 1. The second-order valence-electron chi connectivity index (χ2n) is 4.45. The quantitative estimate of drug-likeness (QED) is 0.498. The Hall–Kier alpha value is -1.35. The van der Waals surface area contributed by atoms with E-state index in [0.29, 0.717) is 12.8 Å². The number of carboxylic acid groups (broad SMARTS) is 1. The van der Waals surface area contributed by atoms with Crippen molar-refractivity contribution in [3.63, 3.8) is 0 Å². The molecule has 1 rings (SSSR count). The molecule has 1 heterocycles. The maximum absolute atomic E-state index is 11.5. The van der Waals surface area contributed by atoms with Gasteiger partial charge in [0, 0.05) is 19.1 Å². The van der Waals surface area contributed by atoms with Crippen LogP contribution in [0.4, 0.5) is 4.79 Å². The van der Waals surface area contributed by atoms with E-state index in [2.05, 4.69) is 10.6 Å². The zero-order chi connectivity index (χ0) is 14.5. The number of carbonyl (C=O) groups is 2. The summed E-state index contributed by atoms with van der Waals surface area (Å²) in [6, 6.07) is -2.09. The third-order valence-corrected chi connectivity index (χ3v) is 4.63. The lowest BCUT2D eigenvalue weighted by atomic mass is 10.1. The van der Waals surface area contributed by atoms with Gasteiger partial charge in [0.15, 0.2) is 0 Å². The van der Waals surface area contributed by atoms with Crippen molar-refractivity contribution in [2.45, 2.75) is 31.3 Å². The molecule has 0 aromatic heterocycles. The highest BCUT2D eigenvalue weighted by Gasteiger charge is 2.26. The van der Waals surface area contributed by atoms with Crippen molar-refractivity contribution in [2.24, 2.45) is 0 Å². The molecule has 0 bridgehead atoms. The topological polar surface area (TPSA) is 133 Å². The molecule has 1 aliphatic heterocycles. The normalized spacial score (nSPS) is 20.5. The number of nitrogens with one attached hydrogen (secondary N) is 2. The molecule has 0 radical (unpaired) electrons. The number of aliphatic hydroxyl groups excluding tert-OH is 1. The van der Waals surface area contributed by atoms with Crippen molar-refractivity contribution < 1.29 is 28.2 Å². The van der Waals surface area contributed by atoms with Crippen LogP contribution in [0.5, 0.6) is 0 Å². The molecule has 4 N–H and O–H groups in total. The fourth-order valence-corrected chi connectivity index (χ4v) is 3.30. The van der Waals surface area contributed by atoms with E-state index in [4.69, 9.17) is 10.2 Å². The molecule has 1 atom stereocenters. The number of amides is 2. The second kappa shape index (κ2) is 6.71. The lowest BCUT2D eigenvalue weighted by Gasteiger charge is -2.24. The number of carbonyl (C=O) groups excluding carboxylic acids is 1. The van der Waals surface area contributed by atoms with Gasteiger partial charge in [-0.1, -0.05) is 0 Å². The van der Waals surface area contributed by atoms with Crippen molar-refractivity contribution in [1.29, 1.82) is 0 Å². The van der Waals surface area contributed by atoms with E-state index in [-0.39, 0.29) is 30.6 Å². The van der Waals surface area contributed by atoms with Gasteiger partial charge in [-0.15, -0.1) is 0 Å². The smallest absolute Gasteiger partial charge is 0.326 e. The summed E-state index contributed by atoms with van der Waals surface area (Å²) in [6.45, 7) is -0.348. The van der Waals surface area contributed by atoms with Crippen molar-refractivity contribution in [1.82, 2.24) is 10.6 Å². The highest BCUT2D eigenvalue weighted by atomic mass is 32.2. The van der Waals surface area contributed by atoms with Crippen LogP contribution in [-0.4, -0.2) is 60.8 Å². The number of aliphatic carboxylic acids is 1. The van der Waals surface area contributed by atoms with Gasteiger partial charge >= 0.3 is 12.0 Å². The first kappa shape index (κ1) is 15.7. The number of hydrogen-bond acceptors (Lipinski definition) is 5. The third kappa shape index (κ3) is 5.43. The first-order chi connectivity index (χ1) is 8.84. The minimum atomic E-state index is -3.00. The minimum absolute atomic E-state index is 0.0247. The molecule has 2 amide bonds. The number of sulfone groups is 1. The predicted octanol–water partition coefficient (Wildman–Crippen LogP) is -1.30. The summed E-state index contributed by atoms with van der Waals surface area (Å²) in [6.07, 6.45) is 0.572. The van der Waals surface area contributed by atoms with E-state index in [1.807, 2.05) is 0 Å². The second-order valence-corrected chi connectivity index (χ2v) is 6.75. The van der Waals surface area contributed by atoms with Gasteiger partial charge in [0.05, 0.1) is 11.5 Å². The standard InChI is InChI=1S/C10H18N2O6S/c13-4-1-8(9(14)15)12-10(16)11-7-2-5-19(17,18)6-3-7/h7-8,13H,1-6H2,(H,14,15)(H2,11,12,16)/t8-/m1/s1. The fourth-order valence-electron chi connectivity index (χ4n) is 1.81. The van der Waals surface area contributed by atoms with Crippen LogP contribution in [-0.2, 0) is 14.6 Å². The number of urea groups is 1. The lowest BCUT2D eigenvalue weighted by Crippen LogP contribution is -2.50. The molecular weight excluding hydrogens is 276 g/mol. The average molecular weight is 294 g/mol. The molecule has 0 aromatic rings. The highest BCUT2D eigenvalue weighted by Crippen LogP contribution is 2.11. The monoisotopic (exact) mass is 294 g/mol. The summed E-state index contributed by atoms with van der Waals surface area (Å²) >= 11 is 0. The molecule has 0 aromatic carbocycles. The maximum Gasteiger partial charge on any atom is 0.326 e. The summed E-state index contributed by atoms with van der Waals surface area (Å²) in [5.41, 5.74) is 0. The molecule has 110 valence electrons. The Morgan fingerprint density at radius 1 is 1.26 bits per heavy atom. The van der Waals surface area contributed by atoms with E-state index < -0.39 is 27.9 Å². The Balaban J connectivity index is 2.41. The highest BCUT2D eigenvalue weighted by molar-refractivity contribution is 7.91. The summed E-state index contributed by atoms with van der Waals surface area (Å²) in [4.78, 5) is 22.3. The largest absolute Gasteiger partial charge is 0.480 e. The SMILES string of the molecule is O=C(NC1CCS(=O)(=O)CC1)N[C@H](CCO)C(=O)O. The summed E-state index contributed by atoms with van der Waals surface area (Å²) < 4.78 is 22.4. The van der Waals surface area contributed by atoms with Gasteiger partial charge in [-0.25, -0.2) is 18.0 Å². The van der Waals surface area contributed by atoms with Crippen LogP contribution in [0.15, 0.2) is 0 Å². The van der Waals surface area contributed by atoms with Gasteiger partial charge in [-0.3, -0.25) is 0 Å². The van der Waals surface area contributed by atoms with Gasteiger partial charge < -0.3 is 20.8 Å². The summed E-state index contributed by atoms with van der Waals surface area (Å²) in [5, 5.41) is 22.2. The van der Waals surface area contributed by atoms with Gasteiger partial charge in [-0.2, -0.15) is 0 Å². The summed E-state index contributed by atoms with van der Waals surface area (Å²) in [5.74, 6) is -1.18. The molecule has 1 fully saturated rings. The van der Waals surface area contributed by atoms with Crippen molar-refractivity contribution in [3.05, 3.63) is 0 Å². The van der Waals surface area contributed by atoms with Crippen molar-refractivity contribution >= 4 is 21.8 Å². The maximum atomic E-state index is 11.5. The first-order valence-corrected chi connectivity index (χ1v) is 7.77. The van der Waals surface area contributed by atoms with Gasteiger partial charge in [0.25, 0.3) is 0 Å². The Kier molecular flexibility index (Phi) is 5.55. The Morgan fingerprint density at radius 3 is 2.32 bits per heavy atom. The Bertz CT molecular complexity index is 421. The van der Waals surface area contributed by atoms with Crippen LogP contribution in [0.1, 0.15) is 19.3 Å². The lowest BCUT2D eigenvalue weighted by molar-refractivity contribution is -0.139. The van der Waals surface area contributed by atoms with Crippen molar-refractivity contribution in [2.75, 3.05) is 18.1 Å². The van der Waals surface area contributed by atoms with Crippen LogP contribution in [0.2, 0.25) is 0 Å². The van der Waals surface area contributed by atoms with E-state index in [9.17, 15) is 18.0 Å². The molecule has 1 aliphatic rings. The molecule has 0 spiro atoms. The molecule has 1 saturated heterocycles. The molecule has 0 aliphatic carbocycles. The number of rotatable bonds is 5. The molecule has 0 unspecified atom stereocenters. The fraction of sp³-hybridized carbons (Fsp3) is 0.800. The van der Waals surface area contributed by atoms with Gasteiger partial charge in [-0.05, 0) is 12.8 Å². The first-order valence-electron chi connectivity index (χ1n) is 5.95. The van der Waals surface area contributed by atoms with Crippen LogP contribution in [0, 0.1) is 0 Å². The third-order valence-electron chi connectivity index (χ3n) is 2.91. The molecule has 8 nitrogen and oxygen atoms in total. The van der Waals surface area contributed by atoms with Gasteiger partial charge in [0.2, 0.25) is 0 Å². The zero-order valence-corrected chi connectivity index (χ0v) is 11.1. The van der Waals surface area contributed by atoms with Crippen LogP contribution < -0.4 is 10.6 Å². The Labute approximate surface area is 111 Å². The van der Waals surface area contributed by atoms with E-state index >= 15 is 0 Å².